The lowest BCUT2D eigenvalue weighted by molar-refractivity contribution is -0.385. The maximum absolute atomic E-state index is 10.8. The second-order valence-electron chi connectivity index (χ2n) is 4.06. The molecule has 1 aromatic rings. The highest BCUT2D eigenvalue weighted by molar-refractivity contribution is 7.99. The van der Waals surface area contributed by atoms with Crippen molar-refractivity contribution in [1.82, 2.24) is 5.32 Å². The number of nitro groups is 1. The van der Waals surface area contributed by atoms with Crippen molar-refractivity contribution in [3.05, 3.63) is 39.4 Å². The van der Waals surface area contributed by atoms with Crippen LogP contribution in [0.5, 0.6) is 0 Å². The van der Waals surface area contributed by atoms with E-state index in [1.807, 2.05) is 6.07 Å². The quantitative estimate of drug-likeness (QED) is 0.626. The number of rotatable bonds is 6. The molecule has 0 heterocycles. The van der Waals surface area contributed by atoms with Crippen LogP contribution in [0, 0.1) is 17.0 Å². The van der Waals surface area contributed by atoms with Gasteiger partial charge in [0.1, 0.15) is 0 Å². The Balaban J connectivity index is 2.60. The number of hydrogen-bond acceptors (Lipinski definition) is 4. The van der Waals surface area contributed by atoms with Gasteiger partial charge in [0.15, 0.2) is 0 Å². The van der Waals surface area contributed by atoms with Gasteiger partial charge in [-0.2, -0.15) is 11.8 Å². The molecular weight excluding hydrogens is 236 g/mol. The van der Waals surface area contributed by atoms with E-state index in [0.29, 0.717) is 17.4 Å². The molecule has 1 N–H and O–H groups in total. The lowest BCUT2D eigenvalue weighted by atomic mass is 10.1. The molecule has 94 valence electrons. The van der Waals surface area contributed by atoms with E-state index < -0.39 is 0 Å². The Kier molecular flexibility index (Phi) is 5.44. The Morgan fingerprint density at radius 2 is 2.24 bits per heavy atom. The molecule has 0 amide bonds. The van der Waals surface area contributed by atoms with E-state index >= 15 is 0 Å². The van der Waals surface area contributed by atoms with Crippen molar-refractivity contribution in [2.45, 2.75) is 25.6 Å². The molecule has 0 fully saturated rings. The first-order valence-electron chi connectivity index (χ1n) is 5.52. The standard InChI is InChI=1S/C12H18N2O2S/c1-9-4-5-11(6-12(9)14(15)16)8-13-7-10(2)17-3/h4-6,10,13H,7-8H2,1-3H3. The molecule has 0 spiro atoms. The van der Waals surface area contributed by atoms with Crippen LogP contribution >= 0.6 is 11.8 Å². The molecule has 5 heteroatoms. The van der Waals surface area contributed by atoms with Gasteiger partial charge in [0.25, 0.3) is 5.69 Å². The van der Waals surface area contributed by atoms with Crippen molar-refractivity contribution in [3.8, 4) is 0 Å². The molecule has 0 radical (unpaired) electrons. The van der Waals surface area contributed by atoms with Crippen LogP contribution in [0.25, 0.3) is 0 Å². The topological polar surface area (TPSA) is 55.2 Å². The van der Waals surface area contributed by atoms with Gasteiger partial charge in [0.2, 0.25) is 0 Å². The SMILES string of the molecule is CSC(C)CNCc1ccc(C)c([N+](=O)[O-])c1. The van der Waals surface area contributed by atoms with E-state index in [1.165, 1.54) is 0 Å². The van der Waals surface area contributed by atoms with Gasteiger partial charge in [-0.15, -0.1) is 0 Å². The lowest BCUT2D eigenvalue weighted by Crippen LogP contribution is -2.22. The van der Waals surface area contributed by atoms with Crippen LogP contribution in [-0.4, -0.2) is 23.0 Å². The summed E-state index contributed by atoms with van der Waals surface area (Å²) in [5, 5.41) is 14.6. The van der Waals surface area contributed by atoms with Crippen molar-refractivity contribution < 1.29 is 4.92 Å². The van der Waals surface area contributed by atoms with Crippen LogP contribution in [-0.2, 0) is 6.54 Å². The smallest absolute Gasteiger partial charge is 0.272 e. The Morgan fingerprint density at radius 3 is 2.82 bits per heavy atom. The van der Waals surface area contributed by atoms with E-state index in [-0.39, 0.29) is 10.6 Å². The highest BCUT2D eigenvalue weighted by Gasteiger charge is 2.10. The van der Waals surface area contributed by atoms with Gasteiger partial charge in [0, 0.05) is 30.0 Å². The molecule has 17 heavy (non-hydrogen) atoms. The normalized spacial score (nSPS) is 12.4. The molecule has 4 nitrogen and oxygen atoms in total. The van der Waals surface area contributed by atoms with Crippen LogP contribution in [0.15, 0.2) is 18.2 Å². The van der Waals surface area contributed by atoms with Crippen molar-refractivity contribution in [2.24, 2.45) is 0 Å². The first kappa shape index (κ1) is 14.0. The highest BCUT2D eigenvalue weighted by atomic mass is 32.2. The molecule has 0 aliphatic rings. The van der Waals surface area contributed by atoms with E-state index in [4.69, 9.17) is 0 Å². The predicted octanol–water partition coefficient (Wildman–Crippen LogP) is 2.74. The van der Waals surface area contributed by atoms with Crippen LogP contribution in [0.1, 0.15) is 18.1 Å². The van der Waals surface area contributed by atoms with Gasteiger partial charge in [-0.05, 0) is 18.7 Å². The monoisotopic (exact) mass is 254 g/mol. The third-order valence-corrected chi connectivity index (χ3v) is 3.60. The summed E-state index contributed by atoms with van der Waals surface area (Å²) in [7, 11) is 0. The summed E-state index contributed by atoms with van der Waals surface area (Å²) >= 11 is 1.80. The number of hydrogen-bond donors (Lipinski definition) is 1. The van der Waals surface area contributed by atoms with Gasteiger partial charge >= 0.3 is 0 Å². The fourth-order valence-corrected chi connectivity index (χ4v) is 1.75. The van der Waals surface area contributed by atoms with Crippen LogP contribution in [0.2, 0.25) is 0 Å². The van der Waals surface area contributed by atoms with E-state index in [9.17, 15) is 10.1 Å². The zero-order valence-electron chi connectivity index (χ0n) is 10.4. The van der Waals surface area contributed by atoms with Crippen molar-refractivity contribution >= 4 is 17.4 Å². The van der Waals surface area contributed by atoms with Gasteiger partial charge in [-0.3, -0.25) is 10.1 Å². The second kappa shape index (κ2) is 6.61. The molecule has 1 aromatic carbocycles. The molecule has 0 saturated heterocycles. The maximum atomic E-state index is 10.8. The fourth-order valence-electron chi connectivity index (χ4n) is 1.46. The van der Waals surface area contributed by atoms with Gasteiger partial charge in [0.05, 0.1) is 4.92 Å². The summed E-state index contributed by atoms with van der Waals surface area (Å²) in [5.41, 5.74) is 1.86. The Bertz CT molecular complexity index is 396. The number of thioether (sulfide) groups is 1. The van der Waals surface area contributed by atoms with Crippen LogP contribution in [0.3, 0.4) is 0 Å². The largest absolute Gasteiger partial charge is 0.312 e. The second-order valence-corrected chi connectivity index (χ2v) is 5.33. The van der Waals surface area contributed by atoms with Crippen molar-refractivity contribution in [2.75, 3.05) is 12.8 Å². The summed E-state index contributed by atoms with van der Waals surface area (Å²) in [6, 6.07) is 5.37. The number of benzene rings is 1. The summed E-state index contributed by atoms with van der Waals surface area (Å²) < 4.78 is 0. The highest BCUT2D eigenvalue weighted by Crippen LogP contribution is 2.19. The van der Waals surface area contributed by atoms with Gasteiger partial charge in [-0.1, -0.05) is 19.1 Å². The molecule has 0 bridgehead atoms. The Hall–Kier alpha value is -1.07. The molecule has 0 aliphatic carbocycles. The number of nitrogens with one attached hydrogen (secondary N) is 1. The van der Waals surface area contributed by atoms with Crippen molar-refractivity contribution in [1.29, 1.82) is 0 Å². The summed E-state index contributed by atoms with van der Waals surface area (Å²) in [4.78, 5) is 10.5. The van der Waals surface area contributed by atoms with Crippen LogP contribution < -0.4 is 5.32 Å². The average Bonchev–Trinajstić information content (AvgIpc) is 2.30. The number of nitrogens with zero attached hydrogens (tertiary/aromatic N) is 1. The minimum absolute atomic E-state index is 0.196. The fraction of sp³-hybridized carbons (Fsp3) is 0.500. The number of nitro benzene ring substituents is 1. The summed E-state index contributed by atoms with van der Waals surface area (Å²) in [5.74, 6) is 0. The van der Waals surface area contributed by atoms with E-state index in [0.717, 1.165) is 12.1 Å². The molecule has 0 aromatic heterocycles. The summed E-state index contributed by atoms with van der Waals surface area (Å²) in [6.07, 6.45) is 2.07. The first-order chi connectivity index (χ1) is 8.04. The lowest BCUT2D eigenvalue weighted by Gasteiger charge is -2.10. The third kappa shape index (κ3) is 4.36. The molecular formula is C12H18N2O2S. The minimum atomic E-state index is -0.330. The zero-order valence-corrected chi connectivity index (χ0v) is 11.2. The van der Waals surface area contributed by atoms with Crippen LogP contribution in [0.4, 0.5) is 5.69 Å². The molecule has 0 aliphatic heterocycles. The molecule has 0 saturated carbocycles. The summed E-state index contributed by atoms with van der Waals surface area (Å²) in [6.45, 7) is 5.48. The first-order valence-corrected chi connectivity index (χ1v) is 6.80. The predicted molar refractivity (Wildman–Crippen MR) is 72.5 cm³/mol. The zero-order chi connectivity index (χ0) is 12.8. The van der Waals surface area contributed by atoms with Gasteiger partial charge < -0.3 is 5.32 Å². The maximum Gasteiger partial charge on any atom is 0.272 e. The van der Waals surface area contributed by atoms with Gasteiger partial charge in [-0.25, -0.2) is 0 Å². The minimum Gasteiger partial charge on any atom is -0.312 e. The molecule has 1 atom stereocenters. The Labute approximate surface area is 106 Å². The Morgan fingerprint density at radius 1 is 1.53 bits per heavy atom. The third-order valence-electron chi connectivity index (χ3n) is 2.63. The van der Waals surface area contributed by atoms with Crippen molar-refractivity contribution in [3.63, 3.8) is 0 Å². The van der Waals surface area contributed by atoms with E-state index in [1.54, 1.807) is 30.8 Å². The molecule has 1 rings (SSSR count). The number of aryl methyl sites for hydroxylation is 1. The van der Waals surface area contributed by atoms with E-state index in [2.05, 4.69) is 18.5 Å². The molecule has 1 unspecified atom stereocenters. The average molecular weight is 254 g/mol.